The Morgan fingerprint density at radius 1 is 1.10 bits per heavy atom. The van der Waals surface area contributed by atoms with E-state index in [1.165, 1.54) is 11.3 Å². The third-order valence-corrected chi connectivity index (χ3v) is 6.14. The smallest absolute Gasteiger partial charge is 0.399 e. The lowest BCUT2D eigenvalue weighted by atomic mass is 10.1. The Balaban J connectivity index is 1.83. The van der Waals surface area contributed by atoms with E-state index in [2.05, 4.69) is 10.3 Å². The van der Waals surface area contributed by atoms with Gasteiger partial charge in [0.2, 0.25) is 0 Å². The van der Waals surface area contributed by atoms with Gasteiger partial charge >= 0.3 is 6.18 Å². The third kappa shape index (κ3) is 3.64. The molecule has 0 saturated carbocycles. The van der Waals surface area contributed by atoms with Crippen LogP contribution in [0.3, 0.4) is 0 Å². The maximum Gasteiger partial charge on any atom is 0.417 e. The molecule has 0 aliphatic heterocycles. The van der Waals surface area contributed by atoms with E-state index in [1.807, 2.05) is 0 Å². The summed E-state index contributed by atoms with van der Waals surface area (Å²) in [6.07, 6.45) is -4.65. The largest absolute Gasteiger partial charge is 0.417 e. The molecule has 4 aromatic rings. The summed E-state index contributed by atoms with van der Waals surface area (Å²) in [6.45, 7) is 0. The lowest BCUT2D eigenvalue weighted by Gasteiger charge is -2.10. The fourth-order valence-electron chi connectivity index (χ4n) is 2.82. The summed E-state index contributed by atoms with van der Waals surface area (Å²) in [4.78, 5) is 17.6. The fraction of sp³-hybridized carbons (Fsp3) is 0.0526. The Labute approximate surface area is 170 Å². The predicted molar refractivity (Wildman–Crippen MR) is 111 cm³/mol. The number of hydrogen-bond donors (Lipinski definition) is 3. The van der Waals surface area contributed by atoms with E-state index < -0.39 is 17.6 Å². The highest BCUT2D eigenvalue weighted by Crippen LogP contribution is 2.44. The van der Waals surface area contributed by atoms with Gasteiger partial charge in [-0.2, -0.15) is 13.2 Å². The quantitative estimate of drug-likeness (QED) is 0.373. The first-order valence-electron chi connectivity index (χ1n) is 8.25. The van der Waals surface area contributed by atoms with Gasteiger partial charge in [0.25, 0.3) is 5.91 Å². The average Bonchev–Trinajstić information content (AvgIpc) is 3.30. The Hall–Kier alpha value is -3.11. The van der Waals surface area contributed by atoms with Crippen LogP contribution in [0.1, 0.15) is 15.2 Å². The zero-order valence-corrected chi connectivity index (χ0v) is 16.2. The minimum atomic E-state index is -4.65. The van der Waals surface area contributed by atoms with Crippen LogP contribution in [0.15, 0.2) is 47.8 Å². The van der Waals surface area contributed by atoms with Crippen molar-refractivity contribution in [1.82, 2.24) is 4.98 Å². The van der Waals surface area contributed by atoms with Crippen LogP contribution in [-0.2, 0) is 6.18 Å². The van der Waals surface area contributed by atoms with Crippen LogP contribution in [0.25, 0.3) is 20.8 Å². The molecular weight excluding hydrogens is 421 g/mol. The highest BCUT2D eigenvalue weighted by atomic mass is 32.1. The summed E-state index contributed by atoms with van der Waals surface area (Å²) in [6, 6.07) is 10.8. The molecule has 0 atom stereocenters. The van der Waals surface area contributed by atoms with Gasteiger partial charge in [-0.3, -0.25) is 4.79 Å². The first-order chi connectivity index (χ1) is 13.7. The van der Waals surface area contributed by atoms with E-state index in [0.29, 0.717) is 16.3 Å². The van der Waals surface area contributed by atoms with Gasteiger partial charge in [-0.1, -0.05) is 6.07 Å². The second-order valence-corrected chi connectivity index (χ2v) is 8.08. The van der Waals surface area contributed by atoms with Crippen molar-refractivity contribution < 1.29 is 18.0 Å². The topological polar surface area (TPSA) is 94.0 Å². The van der Waals surface area contributed by atoms with Crippen molar-refractivity contribution >= 4 is 55.9 Å². The van der Waals surface area contributed by atoms with E-state index in [0.717, 1.165) is 17.4 Å². The Kier molecular flexibility index (Phi) is 4.67. The van der Waals surface area contributed by atoms with Gasteiger partial charge in [0, 0.05) is 16.8 Å². The second kappa shape index (κ2) is 7.05. The number of nitrogen functional groups attached to an aromatic ring is 2. The first kappa shape index (κ1) is 19.2. The zero-order chi connectivity index (χ0) is 20.8. The summed E-state index contributed by atoms with van der Waals surface area (Å²) in [5, 5.41) is 4.11. The molecule has 3 heterocycles. The van der Waals surface area contributed by atoms with Crippen LogP contribution in [0, 0.1) is 0 Å². The molecule has 4 rings (SSSR count). The molecule has 0 radical (unpaired) electrons. The number of halogens is 3. The van der Waals surface area contributed by atoms with Gasteiger partial charge in [-0.15, -0.1) is 22.7 Å². The number of aromatic nitrogens is 1. The van der Waals surface area contributed by atoms with Crippen LogP contribution < -0.4 is 16.8 Å². The SMILES string of the molecule is Nc1ccc(NC(=O)c2sc3nc(-c4cccs4)cc(C(F)(F)F)c3c2N)cc1. The molecule has 1 amide bonds. The summed E-state index contributed by atoms with van der Waals surface area (Å²) >= 11 is 2.11. The number of benzene rings is 1. The molecule has 29 heavy (non-hydrogen) atoms. The van der Waals surface area contributed by atoms with Gasteiger partial charge in [0.05, 0.1) is 21.8 Å². The normalized spacial score (nSPS) is 11.7. The van der Waals surface area contributed by atoms with Crippen molar-refractivity contribution in [3.05, 3.63) is 58.3 Å². The number of carbonyl (C=O) groups is 1. The first-order valence-corrected chi connectivity index (χ1v) is 9.94. The van der Waals surface area contributed by atoms with Gasteiger partial charge in [0.15, 0.2) is 0 Å². The molecule has 5 nitrogen and oxygen atoms in total. The molecule has 0 saturated heterocycles. The zero-order valence-electron chi connectivity index (χ0n) is 14.6. The molecule has 1 aromatic carbocycles. The van der Waals surface area contributed by atoms with E-state index in [9.17, 15) is 18.0 Å². The van der Waals surface area contributed by atoms with Crippen molar-refractivity contribution in [3.63, 3.8) is 0 Å². The van der Waals surface area contributed by atoms with Crippen molar-refractivity contribution in [2.75, 3.05) is 16.8 Å². The van der Waals surface area contributed by atoms with Gasteiger partial charge in [-0.25, -0.2) is 4.98 Å². The number of nitrogens with two attached hydrogens (primary N) is 2. The predicted octanol–water partition coefficient (Wildman–Crippen LogP) is 5.46. The number of amides is 1. The fourth-order valence-corrected chi connectivity index (χ4v) is 4.52. The summed E-state index contributed by atoms with van der Waals surface area (Å²) < 4.78 is 41.2. The lowest BCUT2D eigenvalue weighted by Crippen LogP contribution is -2.12. The average molecular weight is 434 g/mol. The monoisotopic (exact) mass is 434 g/mol. The summed E-state index contributed by atoms with van der Waals surface area (Å²) in [5.74, 6) is -0.610. The van der Waals surface area contributed by atoms with Crippen molar-refractivity contribution in [2.24, 2.45) is 0 Å². The number of pyridine rings is 1. The van der Waals surface area contributed by atoms with Gasteiger partial charge < -0.3 is 16.8 Å². The van der Waals surface area contributed by atoms with Crippen molar-refractivity contribution in [2.45, 2.75) is 6.18 Å². The number of fused-ring (bicyclic) bond motifs is 1. The number of alkyl halides is 3. The molecule has 0 bridgehead atoms. The van der Waals surface area contributed by atoms with Gasteiger partial charge in [0.1, 0.15) is 9.71 Å². The highest BCUT2D eigenvalue weighted by molar-refractivity contribution is 7.21. The highest BCUT2D eigenvalue weighted by Gasteiger charge is 2.36. The van der Waals surface area contributed by atoms with Crippen molar-refractivity contribution in [3.8, 4) is 10.6 Å². The molecule has 10 heteroatoms. The third-order valence-electron chi connectivity index (χ3n) is 4.15. The number of hydrogen-bond acceptors (Lipinski definition) is 6. The van der Waals surface area contributed by atoms with Crippen LogP contribution >= 0.6 is 22.7 Å². The van der Waals surface area contributed by atoms with Crippen molar-refractivity contribution in [1.29, 1.82) is 0 Å². The molecule has 3 aromatic heterocycles. The Morgan fingerprint density at radius 3 is 2.45 bits per heavy atom. The number of rotatable bonds is 3. The molecule has 0 unspecified atom stereocenters. The van der Waals surface area contributed by atoms with E-state index in [-0.39, 0.29) is 26.5 Å². The van der Waals surface area contributed by atoms with E-state index in [1.54, 1.807) is 41.8 Å². The van der Waals surface area contributed by atoms with Crippen LogP contribution in [0.4, 0.5) is 30.2 Å². The number of thiophene rings is 2. The number of carbonyl (C=O) groups excluding carboxylic acids is 1. The second-order valence-electron chi connectivity index (χ2n) is 6.13. The van der Waals surface area contributed by atoms with Crippen LogP contribution in [-0.4, -0.2) is 10.9 Å². The summed E-state index contributed by atoms with van der Waals surface area (Å²) in [5.41, 5.74) is 11.6. The number of nitrogens with one attached hydrogen (secondary N) is 1. The number of nitrogens with zero attached hydrogens (tertiary/aromatic N) is 1. The standard InChI is InChI=1S/C19H13F3N4OS2/c20-19(21,22)11-8-12(13-2-1-7-28-13)26-18-14(11)15(24)16(29-18)17(27)25-10-5-3-9(23)4-6-10/h1-8H,23-24H2,(H,25,27). The van der Waals surface area contributed by atoms with Crippen LogP contribution in [0.2, 0.25) is 0 Å². The van der Waals surface area contributed by atoms with Crippen LogP contribution in [0.5, 0.6) is 0 Å². The molecule has 5 N–H and O–H groups in total. The number of anilines is 3. The maximum absolute atomic E-state index is 13.7. The Bertz CT molecular complexity index is 1200. The Morgan fingerprint density at radius 2 is 1.83 bits per heavy atom. The molecule has 148 valence electrons. The maximum atomic E-state index is 13.7. The minimum absolute atomic E-state index is 0.0295. The van der Waals surface area contributed by atoms with Gasteiger partial charge in [-0.05, 0) is 41.8 Å². The molecule has 0 spiro atoms. The molecular formula is C19H13F3N4OS2. The summed E-state index contributed by atoms with van der Waals surface area (Å²) in [7, 11) is 0. The van der Waals surface area contributed by atoms with E-state index >= 15 is 0 Å². The molecule has 0 aliphatic rings. The van der Waals surface area contributed by atoms with E-state index in [4.69, 9.17) is 11.5 Å². The lowest BCUT2D eigenvalue weighted by molar-refractivity contribution is -0.136. The minimum Gasteiger partial charge on any atom is -0.399 e. The molecule has 0 aliphatic carbocycles. The molecule has 0 fully saturated rings.